The van der Waals surface area contributed by atoms with Gasteiger partial charge in [-0.1, -0.05) is 0 Å². The van der Waals surface area contributed by atoms with Crippen molar-refractivity contribution >= 4 is 5.97 Å². The smallest absolute Gasteiger partial charge is 0.430 e. The third-order valence-corrected chi connectivity index (χ3v) is 2.62. The van der Waals surface area contributed by atoms with Crippen molar-refractivity contribution in [2.24, 2.45) is 5.92 Å². The number of carboxylic acids is 1. The maximum absolute atomic E-state index is 10.5. The normalized spacial score (nSPS) is 29.6. The molecule has 82 valence electrons. The second-order valence-corrected chi connectivity index (χ2v) is 3.68. The number of hydrogen-bond acceptors (Lipinski definition) is 2. The minimum atomic E-state index is -5.19. The molecule has 0 aliphatic carbocycles. The van der Waals surface area contributed by atoms with E-state index in [-0.39, 0.29) is 0 Å². The molecule has 2 bridgehead atoms. The van der Waals surface area contributed by atoms with Crippen molar-refractivity contribution < 1.29 is 28.0 Å². The van der Waals surface area contributed by atoms with Gasteiger partial charge in [-0.2, -0.15) is 13.2 Å². The zero-order valence-electron chi connectivity index (χ0n) is 7.56. The van der Waals surface area contributed by atoms with Gasteiger partial charge < -0.3 is 14.8 Å². The molecule has 2 aliphatic rings. The molecule has 3 nitrogen and oxygen atoms in total. The number of carbonyl (C=O) groups is 1. The molecule has 2 fully saturated rings. The molecule has 2 heterocycles. The lowest BCUT2D eigenvalue weighted by Gasteiger charge is -2.06. The van der Waals surface area contributed by atoms with E-state index in [2.05, 4.69) is 0 Å². The molecule has 2 rings (SSSR count). The molecule has 2 saturated heterocycles. The molecule has 0 amide bonds. The predicted molar refractivity (Wildman–Crippen MR) is 39.3 cm³/mol. The fraction of sp³-hybridized carbons (Fsp3) is 0.875. The maximum Gasteiger partial charge on any atom is 0.430 e. The number of fused-ring (bicyclic) bond motifs is 2. The van der Waals surface area contributed by atoms with E-state index >= 15 is 0 Å². The Morgan fingerprint density at radius 1 is 1.29 bits per heavy atom. The number of alkyl halides is 3. The molecule has 0 radical (unpaired) electrons. The Kier molecular flexibility index (Phi) is 3.36. The summed E-state index contributed by atoms with van der Waals surface area (Å²) < 4.78 is 31.5. The molecule has 0 unspecified atom stereocenters. The van der Waals surface area contributed by atoms with Crippen LogP contribution in [0.1, 0.15) is 12.8 Å². The highest BCUT2D eigenvalue weighted by Gasteiger charge is 2.32. The summed E-state index contributed by atoms with van der Waals surface area (Å²) in [5, 5.41) is 8.78. The zero-order chi connectivity index (χ0) is 10.8. The number of rotatable bonds is 0. The lowest BCUT2D eigenvalue weighted by molar-refractivity contribution is -0.878. The molecular formula is C8H12F3NO2. The number of carbonyl (C=O) groups excluding carboxylic acids is 1. The summed E-state index contributed by atoms with van der Waals surface area (Å²) in [6.07, 6.45) is -2.15. The highest BCUT2D eigenvalue weighted by atomic mass is 19.4. The van der Waals surface area contributed by atoms with Crippen LogP contribution in [0.15, 0.2) is 0 Å². The largest absolute Gasteiger partial charge is 0.542 e. The number of nitrogens with one attached hydrogen (secondary N) is 1. The number of hydrogen-bond donors (Lipinski definition) is 1. The summed E-state index contributed by atoms with van der Waals surface area (Å²) in [6, 6.07) is 0. The average molecular weight is 211 g/mol. The standard InChI is InChI=1S/C6H11N.C2HF3O2/c1-3-7-4-2-6(1)5-7;3-2(4,5)1(6)7/h6H,1-5H2;(H,6,7). The van der Waals surface area contributed by atoms with Crippen molar-refractivity contribution in [3.8, 4) is 0 Å². The van der Waals surface area contributed by atoms with E-state index in [0.717, 1.165) is 5.92 Å². The van der Waals surface area contributed by atoms with Gasteiger partial charge in [0.2, 0.25) is 0 Å². The van der Waals surface area contributed by atoms with Gasteiger partial charge in [-0.15, -0.1) is 0 Å². The van der Waals surface area contributed by atoms with Crippen molar-refractivity contribution in [1.82, 2.24) is 0 Å². The Morgan fingerprint density at radius 2 is 1.71 bits per heavy atom. The molecule has 2 aliphatic heterocycles. The van der Waals surface area contributed by atoms with E-state index in [1.807, 2.05) is 4.90 Å². The Labute approximate surface area is 79.5 Å². The molecule has 0 spiro atoms. The molecule has 14 heavy (non-hydrogen) atoms. The first-order chi connectivity index (χ1) is 6.39. The number of aliphatic carboxylic acids is 1. The fourth-order valence-electron chi connectivity index (χ4n) is 1.90. The summed E-state index contributed by atoms with van der Waals surface area (Å²) in [4.78, 5) is 10.7. The van der Waals surface area contributed by atoms with E-state index < -0.39 is 12.1 Å². The monoisotopic (exact) mass is 211 g/mol. The highest BCUT2D eigenvalue weighted by Crippen LogP contribution is 2.12. The minimum Gasteiger partial charge on any atom is -0.542 e. The topological polar surface area (TPSA) is 44.6 Å². The van der Waals surface area contributed by atoms with E-state index in [1.54, 1.807) is 0 Å². The summed E-state index contributed by atoms with van der Waals surface area (Å²) >= 11 is 0. The molecule has 6 heteroatoms. The molecular weight excluding hydrogens is 199 g/mol. The SMILES string of the molecule is C1C[NH+]2CCC1C2.O=C([O-])C(F)(F)F. The number of halogens is 3. The summed E-state index contributed by atoms with van der Waals surface area (Å²) in [5.41, 5.74) is 0. The lowest BCUT2D eigenvalue weighted by Crippen LogP contribution is -3.08. The van der Waals surface area contributed by atoms with Crippen LogP contribution in [0, 0.1) is 5.92 Å². The maximum atomic E-state index is 10.5. The average Bonchev–Trinajstić information content (AvgIpc) is 2.65. The summed E-state index contributed by atoms with van der Waals surface area (Å²) in [7, 11) is 0. The number of carboxylic acid groups (broad SMARTS) is 1. The second-order valence-electron chi connectivity index (χ2n) is 3.68. The first-order valence-corrected chi connectivity index (χ1v) is 4.51. The highest BCUT2D eigenvalue weighted by molar-refractivity contribution is 5.70. The van der Waals surface area contributed by atoms with Crippen LogP contribution in [-0.2, 0) is 4.79 Å². The molecule has 0 atom stereocenters. The number of quaternary nitrogens is 1. The Bertz CT molecular complexity index is 199. The Morgan fingerprint density at radius 3 is 1.79 bits per heavy atom. The van der Waals surface area contributed by atoms with Crippen molar-refractivity contribution in [2.45, 2.75) is 19.0 Å². The van der Waals surface area contributed by atoms with E-state index in [9.17, 15) is 13.2 Å². The molecule has 0 aromatic carbocycles. The van der Waals surface area contributed by atoms with Gasteiger partial charge in [0, 0.05) is 18.8 Å². The van der Waals surface area contributed by atoms with Crippen molar-refractivity contribution in [2.75, 3.05) is 19.6 Å². The van der Waals surface area contributed by atoms with Crippen LogP contribution >= 0.6 is 0 Å². The Hall–Kier alpha value is -0.780. The van der Waals surface area contributed by atoms with Crippen LogP contribution in [0.3, 0.4) is 0 Å². The van der Waals surface area contributed by atoms with Gasteiger partial charge in [-0.3, -0.25) is 0 Å². The van der Waals surface area contributed by atoms with Gasteiger partial charge in [0.25, 0.3) is 0 Å². The van der Waals surface area contributed by atoms with Crippen LogP contribution in [0.5, 0.6) is 0 Å². The molecule has 0 aromatic rings. The molecule has 1 N–H and O–H groups in total. The van der Waals surface area contributed by atoms with E-state index in [0.29, 0.717) is 0 Å². The quantitative estimate of drug-likeness (QED) is 0.535. The second kappa shape index (κ2) is 4.16. The Balaban J connectivity index is 0.000000140. The van der Waals surface area contributed by atoms with Gasteiger partial charge in [0.1, 0.15) is 5.97 Å². The van der Waals surface area contributed by atoms with Gasteiger partial charge in [-0.05, 0) is 0 Å². The van der Waals surface area contributed by atoms with E-state index in [1.165, 1.54) is 32.5 Å². The third kappa shape index (κ3) is 3.17. The van der Waals surface area contributed by atoms with Crippen LogP contribution < -0.4 is 10.0 Å². The lowest BCUT2D eigenvalue weighted by atomic mass is 10.1. The first kappa shape index (κ1) is 11.3. The van der Waals surface area contributed by atoms with Gasteiger partial charge in [0.15, 0.2) is 0 Å². The molecule has 0 saturated carbocycles. The summed E-state index contributed by atoms with van der Waals surface area (Å²) in [6.45, 7) is 4.45. The van der Waals surface area contributed by atoms with Gasteiger partial charge >= 0.3 is 6.18 Å². The third-order valence-electron chi connectivity index (χ3n) is 2.62. The minimum absolute atomic E-state index is 1.13. The fourth-order valence-corrected chi connectivity index (χ4v) is 1.90. The summed E-state index contributed by atoms with van der Waals surface area (Å²) in [5.74, 6) is -1.87. The predicted octanol–water partition coefficient (Wildman–Crippen LogP) is -1.41. The van der Waals surface area contributed by atoms with Crippen LogP contribution in [0.25, 0.3) is 0 Å². The molecule has 0 aromatic heterocycles. The van der Waals surface area contributed by atoms with Gasteiger partial charge in [0.05, 0.1) is 19.6 Å². The van der Waals surface area contributed by atoms with E-state index in [4.69, 9.17) is 9.90 Å². The van der Waals surface area contributed by atoms with Crippen molar-refractivity contribution in [3.63, 3.8) is 0 Å². The van der Waals surface area contributed by atoms with Crippen LogP contribution in [0.4, 0.5) is 13.2 Å². The van der Waals surface area contributed by atoms with Crippen LogP contribution in [-0.4, -0.2) is 31.8 Å². The van der Waals surface area contributed by atoms with Crippen molar-refractivity contribution in [3.05, 3.63) is 0 Å². The number of piperidine rings is 1. The van der Waals surface area contributed by atoms with Crippen molar-refractivity contribution in [1.29, 1.82) is 0 Å². The van der Waals surface area contributed by atoms with Gasteiger partial charge in [-0.25, -0.2) is 0 Å². The zero-order valence-corrected chi connectivity index (χ0v) is 7.56. The first-order valence-electron chi connectivity index (χ1n) is 4.51. The van der Waals surface area contributed by atoms with Crippen LogP contribution in [0.2, 0.25) is 0 Å².